The Labute approximate surface area is 207 Å². The van der Waals surface area contributed by atoms with Gasteiger partial charge in [-0.25, -0.2) is 13.4 Å². The van der Waals surface area contributed by atoms with Crippen molar-refractivity contribution in [1.29, 1.82) is 0 Å². The van der Waals surface area contributed by atoms with Crippen molar-refractivity contribution in [3.05, 3.63) is 54.2 Å². The van der Waals surface area contributed by atoms with Crippen LogP contribution >= 0.6 is 24.0 Å². The predicted octanol–water partition coefficient (Wildman–Crippen LogP) is 2.38. The smallest absolute Gasteiger partial charge is 0.243 e. The van der Waals surface area contributed by atoms with Crippen LogP contribution in [0.4, 0.5) is 5.82 Å². The number of hydrogen-bond donors (Lipinski definition) is 1. The fourth-order valence-corrected chi connectivity index (χ4v) is 5.58. The highest BCUT2D eigenvalue weighted by molar-refractivity contribution is 14.0. The zero-order valence-electron chi connectivity index (χ0n) is 18.4. The van der Waals surface area contributed by atoms with Gasteiger partial charge in [0.15, 0.2) is 5.96 Å². The molecule has 0 amide bonds. The van der Waals surface area contributed by atoms with Crippen LogP contribution in [0.15, 0.2) is 58.5 Å². The number of halogens is 1. The second-order valence-electron chi connectivity index (χ2n) is 7.82. The van der Waals surface area contributed by atoms with E-state index in [1.54, 1.807) is 23.5 Å². The summed E-state index contributed by atoms with van der Waals surface area (Å²) in [7, 11) is -1.57. The number of rotatable bonds is 5. The second kappa shape index (κ2) is 11.3. The Morgan fingerprint density at radius 1 is 1.00 bits per heavy atom. The third-order valence-corrected chi connectivity index (χ3v) is 7.75. The summed E-state index contributed by atoms with van der Waals surface area (Å²) in [6.07, 6.45) is 3.71. The second-order valence-corrected chi connectivity index (χ2v) is 9.76. The molecule has 10 heteroatoms. The molecule has 0 spiro atoms. The normalized spacial score (nSPS) is 17.8. The van der Waals surface area contributed by atoms with Crippen molar-refractivity contribution >= 4 is 45.8 Å². The number of anilines is 1. The highest BCUT2D eigenvalue weighted by atomic mass is 127. The van der Waals surface area contributed by atoms with E-state index in [0.29, 0.717) is 24.5 Å². The Morgan fingerprint density at radius 2 is 1.69 bits per heavy atom. The zero-order valence-corrected chi connectivity index (χ0v) is 21.5. The average molecular weight is 571 g/mol. The molecule has 1 N–H and O–H groups in total. The Balaban J connectivity index is 0.00000289. The van der Waals surface area contributed by atoms with Crippen LogP contribution in [0.5, 0.6) is 0 Å². The monoisotopic (exact) mass is 570 g/mol. The summed E-state index contributed by atoms with van der Waals surface area (Å²) in [4.78, 5) is 13.8. The van der Waals surface area contributed by atoms with E-state index in [4.69, 9.17) is 0 Å². The van der Waals surface area contributed by atoms with Gasteiger partial charge in [-0.3, -0.25) is 4.99 Å². The zero-order chi connectivity index (χ0) is 21.7. The summed E-state index contributed by atoms with van der Waals surface area (Å²) in [5, 5.41) is 3.41. The first-order chi connectivity index (χ1) is 15.1. The standard InChI is InChI=1S/C22H30N6O2S.HI/c1-23-22(27-16-14-26(15-17-27)21-6-2-3-11-24-21)25-18-19-7-9-20(10-8-19)31(29,30)28-12-4-5-13-28;/h2-3,6-11H,4-5,12-18H2,1H3,(H,23,25);1H. The number of guanidine groups is 1. The fourth-order valence-electron chi connectivity index (χ4n) is 4.06. The molecule has 32 heavy (non-hydrogen) atoms. The van der Waals surface area contributed by atoms with Crippen molar-refractivity contribution < 1.29 is 8.42 Å². The number of nitrogens with one attached hydrogen (secondary N) is 1. The number of aromatic nitrogens is 1. The van der Waals surface area contributed by atoms with Crippen molar-refractivity contribution in [3.8, 4) is 0 Å². The minimum Gasteiger partial charge on any atom is -0.353 e. The van der Waals surface area contributed by atoms with Gasteiger partial charge in [-0.1, -0.05) is 18.2 Å². The summed E-state index contributed by atoms with van der Waals surface area (Å²) in [5.41, 5.74) is 1.02. The maximum atomic E-state index is 12.7. The third kappa shape index (κ3) is 5.70. The predicted molar refractivity (Wildman–Crippen MR) is 138 cm³/mol. The van der Waals surface area contributed by atoms with Gasteiger partial charge in [-0.2, -0.15) is 4.31 Å². The maximum Gasteiger partial charge on any atom is 0.243 e. The molecule has 0 radical (unpaired) electrons. The first kappa shape index (κ1) is 24.7. The van der Waals surface area contributed by atoms with E-state index >= 15 is 0 Å². The topological polar surface area (TPSA) is 81.1 Å². The van der Waals surface area contributed by atoms with Gasteiger partial charge in [0.1, 0.15) is 5.82 Å². The van der Waals surface area contributed by atoms with E-state index < -0.39 is 10.0 Å². The van der Waals surface area contributed by atoms with Gasteiger partial charge in [-0.15, -0.1) is 24.0 Å². The highest BCUT2D eigenvalue weighted by Gasteiger charge is 2.27. The number of benzene rings is 1. The molecule has 0 saturated carbocycles. The fraction of sp³-hybridized carbons (Fsp3) is 0.455. The molecule has 2 aromatic rings. The lowest BCUT2D eigenvalue weighted by atomic mass is 10.2. The van der Waals surface area contributed by atoms with E-state index in [1.165, 1.54) is 0 Å². The van der Waals surface area contributed by atoms with Gasteiger partial charge in [0.25, 0.3) is 0 Å². The maximum absolute atomic E-state index is 12.7. The van der Waals surface area contributed by atoms with Gasteiger partial charge >= 0.3 is 0 Å². The molecule has 2 aliphatic rings. The molecule has 8 nitrogen and oxygen atoms in total. The Kier molecular flexibility index (Phi) is 8.72. The van der Waals surface area contributed by atoms with Gasteiger partial charge in [0.2, 0.25) is 10.0 Å². The first-order valence-corrected chi connectivity index (χ1v) is 12.2. The molecule has 0 bridgehead atoms. The van der Waals surface area contributed by atoms with Crippen molar-refractivity contribution in [1.82, 2.24) is 19.5 Å². The summed E-state index contributed by atoms with van der Waals surface area (Å²) in [6.45, 7) is 5.34. The summed E-state index contributed by atoms with van der Waals surface area (Å²) < 4.78 is 26.9. The number of sulfonamides is 1. The third-order valence-electron chi connectivity index (χ3n) is 5.84. The van der Waals surface area contributed by atoms with Gasteiger partial charge in [0.05, 0.1) is 4.90 Å². The molecule has 4 rings (SSSR count). The molecule has 1 aromatic heterocycles. The largest absolute Gasteiger partial charge is 0.353 e. The van der Waals surface area contributed by atoms with E-state index in [2.05, 4.69) is 25.1 Å². The van der Waals surface area contributed by atoms with Crippen LogP contribution in [0, 0.1) is 0 Å². The van der Waals surface area contributed by atoms with Crippen molar-refractivity contribution in [2.24, 2.45) is 4.99 Å². The molecular weight excluding hydrogens is 539 g/mol. The quantitative estimate of drug-likeness (QED) is 0.338. The lowest BCUT2D eigenvalue weighted by Gasteiger charge is -2.37. The van der Waals surface area contributed by atoms with Gasteiger partial charge < -0.3 is 15.1 Å². The number of aliphatic imine (C=N–C) groups is 1. The molecule has 3 heterocycles. The van der Waals surface area contributed by atoms with E-state index in [0.717, 1.165) is 56.4 Å². The number of pyridine rings is 1. The molecule has 0 atom stereocenters. The number of nitrogens with zero attached hydrogens (tertiary/aromatic N) is 5. The molecule has 0 aliphatic carbocycles. The van der Waals surface area contributed by atoms with Crippen molar-refractivity contribution in [3.63, 3.8) is 0 Å². The minimum absolute atomic E-state index is 0. The van der Waals surface area contributed by atoms with Crippen LogP contribution in [0.1, 0.15) is 18.4 Å². The Bertz CT molecular complexity index is 987. The summed E-state index contributed by atoms with van der Waals surface area (Å²) in [5.74, 6) is 1.86. The van der Waals surface area contributed by atoms with Crippen LogP contribution in [0.2, 0.25) is 0 Å². The molecule has 2 fully saturated rings. The van der Waals surface area contributed by atoms with Gasteiger partial charge in [-0.05, 0) is 42.7 Å². The van der Waals surface area contributed by atoms with Crippen LogP contribution < -0.4 is 10.2 Å². The lowest BCUT2D eigenvalue weighted by molar-refractivity contribution is 0.371. The van der Waals surface area contributed by atoms with E-state index in [9.17, 15) is 8.42 Å². The van der Waals surface area contributed by atoms with E-state index in [1.807, 2.05) is 36.5 Å². The molecule has 0 unspecified atom stereocenters. The molecule has 2 saturated heterocycles. The number of piperazine rings is 1. The molecule has 174 valence electrons. The molecular formula is C22H31IN6O2S. The van der Waals surface area contributed by atoms with Crippen molar-refractivity contribution in [2.75, 3.05) is 51.2 Å². The number of hydrogen-bond acceptors (Lipinski definition) is 5. The first-order valence-electron chi connectivity index (χ1n) is 10.8. The Hall–Kier alpha value is -1.92. The summed E-state index contributed by atoms with van der Waals surface area (Å²) >= 11 is 0. The van der Waals surface area contributed by atoms with Crippen LogP contribution in [0.3, 0.4) is 0 Å². The minimum atomic E-state index is -3.37. The molecule has 1 aromatic carbocycles. The SMILES string of the molecule is CN=C(NCc1ccc(S(=O)(=O)N2CCCC2)cc1)N1CCN(c2ccccn2)CC1.I. The summed E-state index contributed by atoms with van der Waals surface area (Å²) in [6, 6.07) is 13.1. The van der Waals surface area contributed by atoms with Crippen molar-refractivity contribution in [2.45, 2.75) is 24.3 Å². The average Bonchev–Trinajstić information content (AvgIpc) is 3.37. The van der Waals surface area contributed by atoms with Crippen LogP contribution in [-0.4, -0.2) is 74.9 Å². The molecule has 2 aliphatic heterocycles. The van der Waals surface area contributed by atoms with Crippen LogP contribution in [0.25, 0.3) is 0 Å². The lowest BCUT2D eigenvalue weighted by Crippen LogP contribution is -2.52. The Morgan fingerprint density at radius 3 is 2.28 bits per heavy atom. The van der Waals surface area contributed by atoms with E-state index in [-0.39, 0.29) is 24.0 Å². The van der Waals surface area contributed by atoms with Crippen LogP contribution in [-0.2, 0) is 16.6 Å². The highest BCUT2D eigenvalue weighted by Crippen LogP contribution is 2.21. The van der Waals surface area contributed by atoms with Gasteiger partial charge in [0, 0.05) is 59.1 Å².